The van der Waals surface area contributed by atoms with E-state index in [0.29, 0.717) is 23.2 Å². The molecule has 3 rings (SSSR count). The van der Waals surface area contributed by atoms with Gasteiger partial charge in [-0.25, -0.2) is 4.79 Å². The van der Waals surface area contributed by atoms with Crippen LogP contribution in [0.3, 0.4) is 0 Å². The molecular formula is C20H24ClN3O2. The number of ether oxygens (including phenoxy) is 1. The van der Waals surface area contributed by atoms with Gasteiger partial charge in [-0.1, -0.05) is 29.8 Å². The number of carbonyl (C=O) groups excluding carboxylic acids is 1. The average molecular weight is 374 g/mol. The maximum Gasteiger partial charge on any atom is 0.319 e. The van der Waals surface area contributed by atoms with Gasteiger partial charge >= 0.3 is 6.03 Å². The van der Waals surface area contributed by atoms with Crippen LogP contribution in [-0.4, -0.2) is 32.8 Å². The first-order valence-electron chi connectivity index (χ1n) is 8.76. The standard InChI is InChI=1S/C20H24ClN3O2/c1-14-7-8-16(11-17(14)21)23-20(25)22-12-15-9-10-24(13-15)18-5-3-4-6-19(18)26-2/h3-8,11,15H,9-10,12-13H2,1-2H3,(H2,22,23,25). The van der Waals surface area contributed by atoms with Crippen LogP contribution in [0.1, 0.15) is 12.0 Å². The molecule has 1 heterocycles. The fourth-order valence-electron chi connectivity index (χ4n) is 3.19. The van der Waals surface area contributed by atoms with E-state index in [1.165, 1.54) is 0 Å². The minimum absolute atomic E-state index is 0.208. The van der Waals surface area contributed by atoms with Crippen molar-refractivity contribution < 1.29 is 9.53 Å². The Morgan fingerprint density at radius 1 is 1.31 bits per heavy atom. The highest BCUT2D eigenvalue weighted by Crippen LogP contribution is 2.31. The number of hydrogen-bond donors (Lipinski definition) is 2. The van der Waals surface area contributed by atoms with Crippen LogP contribution in [0, 0.1) is 12.8 Å². The summed E-state index contributed by atoms with van der Waals surface area (Å²) in [4.78, 5) is 14.4. The van der Waals surface area contributed by atoms with Gasteiger partial charge in [-0.2, -0.15) is 0 Å². The van der Waals surface area contributed by atoms with E-state index in [9.17, 15) is 4.79 Å². The summed E-state index contributed by atoms with van der Waals surface area (Å²) in [5.41, 5.74) is 2.79. The lowest BCUT2D eigenvalue weighted by molar-refractivity contribution is 0.250. The number of para-hydroxylation sites is 2. The Morgan fingerprint density at radius 3 is 2.88 bits per heavy atom. The Kier molecular flexibility index (Phi) is 5.89. The average Bonchev–Trinajstić information content (AvgIpc) is 3.12. The zero-order valence-electron chi connectivity index (χ0n) is 15.1. The summed E-state index contributed by atoms with van der Waals surface area (Å²) in [5, 5.41) is 6.43. The third-order valence-corrected chi connectivity index (χ3v) is 5.10. The minimum atomic E-state index is -0.208. The molecule has 26 heavy (non-hydrogen) atoms. The first-order chi connectivity index (χ1) is 12.6. The van der Waals surface area contributed by atoms with Crippen LogP contribution in [0.25, 0.3) is 0 Å². The van der Waals surface area contributed by atoms with Crippen LogP contribution in [0.5, 0.6) is 5.75 Å². The van der Waals surface area contributed by atoms with Gasteiger partial charge in [0.2, 0.25) is 0 Å². The van der Waals surface area contributed by atoms with Gasteiger partial charge in [0.15, 0.2) is 0 Å². The van der Waals surface area contributed by atoms with Gasteiger partial charge in [0.1, 0.15) is 5.75 Å². The molecule has 0 spiro atoms. The molecule has 1 unspecified atom stereocenters. The third-order valence-electron chi connectivity index (χ3n) is 4.69. The van der Waals surface area contributed by atoms with E-state index in [2.05, 4.69) is 21.6 Å². The Morgan fingerprint density at radius 2 is 2.12 bits per heavy atom. The molecule has 6 heteroatoms. The molecule has 2 aromatic rings. The second-order valence-corrected chi connectivity index (χ2v) is 6.98. The molecule has 0 saturated carbocycles. The normalized spacial score (nSPS) is 16.4. The lowest BCUT2D eigenvalue weighted by Crippen LogP contribution is -2.34. The zero-order valence-corrected chi connectivity index (χ0v) is 15.8. The second-order valence-electron chi connectivity index (χ2n) is 6.57. The van der Waals surface area contributed by atoms with Crippen molar-refractivity contribution in [3.05, 3.63) is 53.1 Å². The van der Waals surface area contributed by atoms with Crippen molar-refractivity contribution in [3.63, 3.8) is 0 Å². The number of halogens is 1. The van der Waals surface area contributed by atoms with E-state index in [1.54, 1.807) is 13.2 Å². The van der Waals surface area contributed by atoms with Crippen LogP contribution in [0.2, 0.25) is 5.02 Å². The molecule has 1 aliphatic heterocycles. The SMILES string of the molecule is COc1ccccc1N1CCC(CNC(=O)Nc2ccc(C)c(Cl)c2)C1. The molecule has 0 bridgehead atoms. The summed E-state index contributed by atoms with van der Waals surface area (Å²) in [5.74, 6) is 1.29. The highest BCUT2D eigenvalue weighted by Gasteiger charge is 2.24. The van der Waals surface area contributed by atoms with E-state index in [-0.39, 0.29) is 6.03 Å². The number of aryl methyl sites for hydroxylation is 1. The molecule has 5 nitrogen and oxygen atoms in total. The Balaban J connectivity index is 1.49. The van der Waals surface area contributed by atoms with Crippen LogP contribution >= 0.6 is 11.6 Å². The number of hydrogen-bond acceptors (Lipinski definition) is 3. The summed E-state index contributed by atoms with van der Waals surface area (Å²) in [6.45, 7) is 4.43. The van der Waals surface area contributed by atoms with Crippen LogP contribution < -0.4 is 20.3 Å². The van der Waals surface area contributed by atoms with Crippen molar-refractivity contribution in [2.75, 3.05) is 37.0 Å². The topological polar surface area (TPSA) is 53.6 Å². The predicted molar refractivity (Wildman–Crippen MR) is 107 cm³/mol. The van der Waals surface area contributed by atoms with E-state index in [0.717, 1.165) is 36.5 Å². The molecule has 0 radical (unpaired) electrons. The molecule has 0 aliphatic carbocycles. The van der Waals surface area contributed by atoms with E-state index < -0.39 is 0 Å². The predicted octanol–water partition coefficient (Wildman–Crippen LogP) is 4.31. The smallest absolute Gasteiger partial charge is 0.319 e. The van der Waals surface area contributed by atoms with Gasteiger partial charge in [-0.3, -0.25) is 0 Å². The monoisotopic (exact) mass is 373 g/mol. The van der Waals surface area contributed by atoms with Gasteiger partial charge in [-0.15, -0.1) is 0 Å². The summed E-state index contributed by atoms with van der Waals surface area (Å²) in [6, 6.07) is 13.3. The zero-order chi connectivity index (χ0) is 18.5. The van der Waals surface area contributed by atoms with Crippen LogP contribution in [0.15, 0.2) is 42.5 Å². The first kappa shape index (κ1) is 18.4. The Bertz CT molecular complexity index is 781. The van der Waals surface area contributed by atoms with Crippen LogP contribution in [-0.2, 0) is 0 Å². The maximum atomic E-state index is 12.1. The lowest BCUT2D eigenvalue weighted by atomic mass is 10.1. The van der Waals surface area contributed by atoms with Crippen molar-refractivity contribution in [1.82, 2.24) is 5.32 Å². The number of carbonyl (C=O) groups is 1. The van der Waals surface area contributed by atoms with Crippen molar-refractivity contribution >= 4 is 29.0 Å². The molecule has 138 valence electrons. The number of methoxy groups -OCH3 is 1. The van der Waals surface area contributed by atoms with Gasteiger partial charge < -0.3 is 20.3 Å². The summed E-state index contributed by atoms with van der Waals surface area (Å²) in [7, 11) is 1.69. The number of nitrogens with zero attached hydrogens (tertiary/aromatic N) is 1. The highest BCUT2D eigenvalue weighted by atomic mass is 35.5. The number of anilines is 2. The van der Waals surface area contributed by atoms with Gasteiger partial charge in [0, 0.05) is 30.3 Å². The molecule has 0 aromatic heterocycles. The molecule has 1 aliphatic rings. The first-order valence-corrected chi connectivity index (χ1v) is 9.13. The highest BCUT2D eigenvalue weighted by molar-refractivity contribution is 6.31. The number of nitrogens with one attached hydrogen (secondary N) is 2. The molecule has 1 atom stereocenters. The lowest BCUT2D eigenvalue weighted by Gasteiger charge is -2.21. The van der Waals surface area contributed by atoms with E-state index >= 15 is 0 Å². The fraction of sp³-hybridized carbons (Fsp3) is 0.350. The van der Waals surface area contributed by atoms with Crippen molar-refractivity contribution in [3.8, 4) is 5.75 Å². The number of urea groups is 1. The Labute approximate surface area is 159 Å². The molecule has 1 saturated heterocycles. The van der Waals surface area contributed by atoms with Crippen molar-refractivity contribution in [2.24, 2.45) is 5.92 Å². The van der Waals surface area contributed by atoms with E-state index in [4.69, 9.17) is 16.3 Å². The minimum Gasteiger partial charge on any atom is -0.495 e. The number of amides is 2. The second kappa shape index (κ2) is 8.32. The third kappa shape index (κ3) is 4.41. The van der Waals surface area contributed by atoms with Gasteiger partial charge in [-0.05, 0) is 49.1 Å². The summed E-state index contributed by atoms with van der Waals surface area (Å²) < 4.78 is 5.44. The molecule has 2 aromatic carbocycles. The Hall–Kier alpha value is -2.40. The van der Waals surface area contributed by atoms with Crippen LogP contribution in [0.4, 0.5) is 16.2 Å². The number of benzene rings is 2. The largest absolute Gasteiger partial charge is 0.495 e. The van der Waals surface area contributed by atoms with Crippen molar-refractivity contribution in [1.29, 1.82) is 0 Å². The molecule has 2 N–H and O–H groups in total. The molecule has 2 amide bonds. The molecular weight excluding hydrogens is 350 g/mol. The van der Waals surface area contributed by atoms with Crippen molar-refractivity contribution in [2.45, 2.75) is 13.3 Å². The summed E-state index contributed by atoms with van der Waals surface area (Å²) >= 11 is 6.09. The van der Waals surface area contributed by atoms with Gasteiger partial charge in [0.05, 0.1) is 12.8 Å². The fourth-order valence-corrected chi connectivity index (χ4v) is 3.37. The number of rotatable bonds is 5. The summed E-state index contributed by atoms with van der Waals surface area (Å²) in [6.07, 6.45) is 1.04. The molecule has 1 fully saturated rings. The van der Waals surface area contributed by atoms with E-state index in [1.807, 2.05) is 37.3 Å². The maximum absolute atomic E-state index is 12.1. The quantitative estimate of drug-likeness (QED) is 0.821. The van der Waals surface area contributed by atoms with Gasteiger partial charge in [0.25, 0.3) is 0 Å².